The van der Waals surface area contributed by atoms with Crippen molar-refractivity contribution >= 4 is 34.4 Å². The molecule has 1 unspecified atom stereocenters. The Labute approximate surface area is 147 Å². The quantitative estimate of drug-likeness (QED) is 0.818. The smallest absolute Gasteiger partial charge is 0.413 e. The summed E-state index contributed by atoms with van der Waals surface area (Å²) in [5.74, 6) is -1.06. The van der Waals surface area contributed by atoms with Crippen LogP contribution in [0.25, 0.3) is 0 Å². The molecule has 1 aromatic heterocycles. The van der Waals surface area contributed by atoms with Gasteiger partial charge in [-0.15, -0.1) is 11.3 Å². The van der Waals surface area contributed by atoms with Crippen molar-refractivity contribution in [1.82, 2.24) is 9.88 Å². The van der Waals surface area contributed by atoms with Crippen molar-refractivity contribution in [1.29, 1.82) is 0 Å². The number of aromatic nitrogens is 1. The molecule has 1 aliphatic rings. The maximum absolute atomic E-state index is 12.2. The molecule has 0 spiro atoms. The van der Waals surface area contributed by atoms with E-state index in [0.29, 0.717) is 5.13 Å². The predicted octanol–water partition coefficient (Wildman–Crippen LogP) is 1.99. The lowest BCUT2D eigenvalue weighted by atomic mass is 10.2. The number of benzene rings is 1. The van der Waals surface area contributed by atoms with E-state index >= 15 is 0 Å². The van der Waals surface area contributed by atoms with E-state index in [2.05, 4.69) is 10.3 Å². The zero-order valence-corrected chi connectivity index (χ0v) is 13.9. The first-order valence-electron chi connectivity index (χ1n) is 7.47. The Hall–Kier alpha value is -2.94. The predicted molar refractivity (Wildman–Crippen MR) is 88.6 cm³/mol. The van der Waals surface area contributed by atoms with Gasteiger partial charge in [-0.05, 0) is 5.56 Å². The molecule has 0 radical (unpaired) electrons. The zero-order valence-electron chi connectivity index (χ0n) is 13.1. The number of carbonyl (C=O) groups excluding carboxylic acids is 3. The molecule has 0 bridgehead atoms. The highest BCUT2D eigenvalue weighted by molar-refractivity contribution is 7.13. The summed E-state index contributed by atoms with van der Waals surface area (Å²) < 4.78 is 10.1. The van der Waals surface area contributed by atoms with Gasteiger partial charge in [0.2, 0.25) is 5.91 Å². The average Bonchev–Trinajstić information content (AvgIpc) is 3.24. The minimum atomic E-state index is -1.01. The summed E-state index contributed by atoms with van der Waals surface area (Å²) in [6.45, 7) is -0.163. The molecule has 8 nitrogen and oxygen atoms in total. The van der Waals surface area contributed by atoms with Crippen LogP contribution < -0.4 is 5.32 Å². The fraction of sp³-hybridized carbons (Fsp3) is 0.250. The molecule has 25 heavy (non-hydrogen) atoms. The summed E-state index contributed by atoms with van der Waals surface area (Å²) in [6.07, 6.45) is 0.623. The Bertz CT molecular complexity index is 750. The topological polar surface area (TPSA) is 97.8 Å². The number of nitrogens with one attached hydrogen (secondary N) is 1. The molecule has 2 amide bonds. The van der Waals surface area contributed by atoms with E-state index in [9.17, 15) is 14.4 Å². The second-order valence-corrected chi connectivity index (χ2v) is 6.10. The number of carbonyl (C=O) groups is 3. The second-order valence-electron chi connectivity index (χ2n) is 5.21. The minimum Gasteiger partial charge on any atom is -0.444 e. The van der Waals surface area contributed by atoms with Crippen molar-refractivity contribution < 1.29 is 23.9 Å². The molecule has 2 heterocycles. The number of cyclic esters (lactones) is 1. The van der Waals surface area contributed by atoms with Gasteiger partial charge in [0.25, 0.3) is 0 Å². The number of nitrogens with zero attached hydrogens (tertiary/aromatic N) is 2. The second kappa shape index (κ2) is 7.75. The Balaban J connectivity index is 1.57. The van der Waals surface area contributed by atoms with Gasteiger partial charge in [0.15, 0.2) is 11.9 Å². The average molecular weight is 361 g/mol. The first kappa shape index (κ1) is 16.9. The van der Waals surface area contributed by atoms with Crippen molar-refractivity contribution in [2.24, 2.45) is 0 Å². The van der Waals surface area contributed by atoms with Crippen LogP contribution in [0.3, 0.4) is 0 Å². The summed E-state index contributed by atoms with van der Waals surface area (Å²) in [6, 6.07) is 8.14. The molecule has 1 aromatic carbocycles. The van der Waals surface area contributed by atoms with Gasteiger partial charge >= 0.3 is 12.1 Å². The van der Waals surface area contributed by atoms with Crippen molar-refractivity contribution in [3.8, 4) is 0 Å². The lowest BCUT2D eigenvalue weighted by molar-refractivity contribution is -0.140. The maximum Gasteiger partial charge on any atom is 0.413 e. The molecule has 3 rings (SSSR count). The molecular formula is C16H15N3O5S. The largest absolute Gasteiger partial charge is 0.444 e. The van der Waals surface area contributed by atoms with Crippen LogP contribution in [0.15, 0.2) is 41.9 Å². The van der Waals surface area contributed by atoms with E-state index in [4.69, 9.17) is 9.47 Å². The third-order valence-electron chi connectivity index (χ3n) is 3.49. The monoisotopic (exact) mass is 361 g/mol. The van der Waals surface area contributed by atoms with Crippen LogP contribution in [0.1, 0.15) is 12.0 Å². The summed E-state index contributed by atoms with van der Waals surface area (Å²) >= 11 is 1.26. The Morgan fingerprint density at radius 2 is 2.16 bits per heavy atom. The lowest BCUT2D eigenvalue weighted by Crippen LogP contribution is -2.40. The van der Waals surface area contributed by atoms with Crippen LogP contribution in [-0.2, 0) is 25.7 Å². The normalized spacial score (nSPS) is 16.4. The number of hydrogen-bond acceptors (Lipinski definition) is 7. The highest BCUT2D eigenvalue weighted by atomic mass is 32.1. The fourth-order valence-corrected chi connectivity index (χ4v) is 2.80. The zero-order chi connectivity index (χ0) is 17.6. The Morgan fingerprint density at radius 1 is 1.36 bits per heavy atom. The number of thiazole rings is 1. The van der Waals surface area contributed by atoms with E-state index in [1.807, 2.05) is 30.3 Å². The Kier molecular flexibility index (Phi) is 5.24. The number of amides is 2. The molecule has 1 N–H and O–H groups in total. The fourth-order valence-electron chi connectivity index (χ4n) is 2.25. The molecule has 0 saturated carbocycles. The highest BCUT2D eigenvalue weighted by Crippen LogP contribution is 2.18. The van der Waals surface area contributed by atoms with Gasteiger partial charge in [-0.3, -0.25) is 9.69 Å². The van der Waals surface area contributed by atoms with Crippen LogP contribution in [-0.4, -0.2) is 40.6 Å². The van der Waals surface area contributed by atoms with Gasteiger partial charge in [-0.25, -0.2) is 14.6 Å². The lowest BCUT2D eigenvalue weighted by Gasteiger charge is -2.19. The van der Waals surface area contributed by atoms with Crippen LogP contribution in [0.4, 0.5) is 9.93 Å². The summed E-state index contributed by atoms with van der Waals surface area (Å²) in [7, 11) is 0. The minimum absolute atomic E-state index is 0.0718. The molecule has 130 valence electrons. The van der Waals surface area contributed by atoms with Gasteiger partial charge in [0, 0.05) is 11.6 Å². The number of anilines is 1. The van der Waals surface area contributed by atoms with Crippen molar-refractivity contribution in [2.45, 2.75) is 19.1 Å². The van der Waals surface area contributed by atoms with Gasteiger partial charge in [-0.2, -0.15) is 0 Å². The molecule has 2 aromatic rings. The van der Waals surface area contributed by atoms with E-state index in [-0.39, 0.29) is 19.8 Å². The number of ether oxygens (including phenoxy) is 2. The SMILES string of the molecule is O=C(CC1C(=O)OCN1C(=O)OCc1ccccc1)Nc1nccs1. The van der Waals surface area contributed by atoms with E-state index in [1.54, 1.807) is 11.6 Å². The number of hydrogen-bond donors (Lipinski definition) is 1. The summed E-state index contributed by atoms with van der Waals surface area (Å²) in [5, 5.41) is 4.71. The number of rotatable bonds is 5. The third kappa shape index (κ3) is 4.32. The van der Waals surface area contributed by atoms with Crippen molar-refractivity contribution in [2.75, 3.05) is 12.0 Å². The molecule has 1 aliphatic heterocycles. The molecule has 1 fully saturated rings. The molecule has 1 saturated heterocycles. The van der Waals surface area contributed by atoms with Crippen molar-refractivity contribution in [3.63, 3.8) is 0 Å². The molecule has 1 atom stereocenters. The standard InChI is InChI=1S/C16H15N3O5S/c20-13(18-15-17-6-7-25-15)8-12-14(21)24-10-19(12)16(22)23-9-11-4-2-1-3-5-11/h1-7,12H,8-10H2,(H,17,18,20). The van der Waals surface area contributed by atoms with Crippen LogP contribution in [0.5, 0.6) is 0 Å². The van der Waals surface area contributed by atoms with Gasteiger partial charge < -0.3 is 14.8 Å². The van der Waals surface area contributed by atoms with Crippen LogP contribution >= 0.6 is 11.3 Å². The molecule has 9 heteroatoms. The van der Waals surface area contributed by atoms with Crippen LogP contribution in [0.2, 0.25) is 0 Å². The number of esters is 1. The third-order valence-corrected chi connectivity index (χ3v) is 4.18. The summed E-state index contributed by atoms with van der Waals surface area (Å²) in [5.41, 5.74) is 0.820. The van der Waals surface area contributed by atoms with Gasteiger partial charge in [0.1, 0.15) is 12.6 Å². The molecule has 0 aliphatic carbocycles. The van der Waals surface area contributed by atoms with E-state index in [0.717, 1.165) is 10.5 Å². The molecular weight excluding hydrogens is 346 g/mol. The Morgan fingerprint density at radius 3 is 2.88 bits per heavy atom. The van der Waals surface area contributed by atoms with E-state index in [1.165, 1.54) is 11.3 Å². The maximum atomic E-state index is 12.2. The van der Waals surface area contributed by atoms with Crippen molar-refractivity contribution in [3.05, 3.63) is 47.5 Å². The van der Waals surface area contributed by atoms with Gasteiger partial charge in [-0.1, -0.05) is 30.3 Å². The van der Waals surface area contributed by atoms with Gasteiger partial charge in [0.05, 0.1) is 6.42 Å². The van der Waals surface area contributed by atoms with Crippen LogP contribution in [0, 0.1) is 0 Å². The first-order chi connectivity index (χ1) is 12.1. The first-order valence-corrected chi connectivity index (χ1v) is 8.35. The highest BCUT2D eigenvalue weighted by Gasteiger charge is 2.40. The van der Waals surface area contributed by atoms with E-state index < -0.39 is 24.0 Å². The summed E-state index contributed by atoms with van der Waals surface area (Å²) in [4.78, 5) is 41.1.